The highest BCUT2D eigenvalue weighted by Gasteiger charge is 2.07. The molecule has 0 aliphatic rings. The summed E-state index contributed by atoms with van der Waals surface area (Å²) in [7, 11) is 0. The number of nitriles is 1. The predicted octanol–water partition coefficient (Wildman–Crippen LogP) is 3.76. The Hall–Kier alpha value is -2.41. The molecule has 0 saturated carbocycles. The van der Waals surface area contributed by atoms with Crippen molar-refractivity contribution in [3.63, 3.8) is 0 Å². The van der Waals surface area contributed by atoms with Crippen molar-refractivity contribution in [1.29, 1.82) is 5.26 Å². The number of halogens is 2. The first-order valence-electron chi connectivity index (χ1n) is 5.79. The summed E-state index contributed by atoms with van der Waals surface area (Å²) in [5.41, 5.74) is 2.13. The van der Waals surface area contributed by atoms with Crippen LogP contribution in [-0.4, -0.2) is 0 Å². The lowest BCUT2D eigenvalue weighted by molar-refractivity contribution is 0.624. The number of nitrogens with one attached hydrogen (secondary N) is 1. The number of rotatable bonds is 3. The van der Waals surface area contributed by atoms with E-state index in [4.69, 9.17) is 5.26 Å². The summed E-state index contributed by atoms with van der Waals surface area (Å²) in [6.07, 6.45) is 0. The van der Waals surface area contributed by atoms with Crippen molar-refractivity contribution < 1.29 is 8.78 Å². The summed E-state index contributed by atoms with van der Waals surface area (Å²) in [6.45, 7) is 2.21. The van der Waals surface area contributed by atoms with Gasteiger partial charge in [-0.25, -0.2) is 8.78 Å². The molecule has 2 nitrogen and oxygen atoms in total. The molecule has 4 heteroatoms. The van der Waals surface area contributed by atoms with Gasteiger partial charge >= 0.3 is 0 Å². The highest BCUT2D eigenvalue weighted by atomic mass is 19.1. The normalized spacial score (nSPS) is 10.0. The molecule has 1 N–H and O–H groups in total. The Morgan fingerprint density at radius 3 is 2.68 bits per heavy atom. The Kier molecular flexibility index (Phi) is 3.76. The fraction of sp³-hybridized carbons (Fsp3) is 0.133. The molecule has 0 spiro atoms. The van der Waals surface area contributed by atoms with Crippen molar-refractivity contribution >= 4 is 5.69 Å². The van der Waals surface area contributed by atoms with Crippen LogP contribution in [0.1, 0.15) is 16.7 Å². The van der Waals surface area contributed by atoms with Gasteiger partial charge in [-0.05, 0) is 42.3 Å². The maximum absolute atomic E-state index is 13.4. The van der Waals surface area contributed by atoms with Gasteiger partial charge in [-0.1, -0.05) is 12.1 Å². The number of hydrogen-bond donors (Lipinski definition) is 1. The van der Waals surface area contributed by atoms with E-state index >= 15 is 0 Å². The van der Waals surface area contributed by atoms with Crippen molar-refractivity contribution in [3.05, 3.63) is 64.7 Å². The van der Waals surface area contributed by atoms with Crippen LogP contribution >= 0.6 is 0 Å². The molecule has 2 rings (SSSR count). The Bertz CT molecular complexity index is 645. The van der Waals surface area contributed by atoms with E-state index in [9.17, 15) is 8.78 Å². The first-order chi connectivity index (χ1) is 9.11. The lowest BCUT2D eigenvalue weighted by Gasteiger charge is -2.10. The van der Waals surface area contributed by atoms with E-state index in [1.165, 1.54) is 24.3 Å². The van der Waals surface area contributed by atoms with Crippen molar-refractivity contribution in [1.82, 2.24) is 0 Å². The molecule has 0 radical (unpaired) electrons. The topological polar surface area (TPSA) is 35.8 Å². The summed E-state index contributed by atoms with van der Waals surface area (Å²) in [4.78, 5) is 0. The summed E-state index contributed by atoms with van der Waals surface area (Å²) >= 11 is 0. The highest BCUT2D eigenvalue weighted by Crippen LogP contribution is 2.19. The molecular formula is C15H12F2N2. The third-order valence-corrected chi connectivity index (χ3v) is 2.90. The van der Waals surface area contributed by atoms with Crippen LogP contribution in [0.4, 0.5) is 14.5 Å². The number of anilines is 1. The van der Waals surface area contributed by atoms with E-state index in [0.29, 0.717) is 12.2 Å². The lowest BCUT2D eigenvalue weighted by Crippen LogP contribution is -2.04. The molecule has 0 aliphatic carbocycles. The number of aryl methyl sites for hydroxylation is 1. The van der Waals surface area contributed by atoms with E-state index in [1.54, 1.807) is 19.1 Å². The van der Waals surface area contributed by atoms with Crippen LogP contribution < -0.4 is 5.32 Å². The summed E-state index contributed by atoms with van der Waals surface area (Å²) in [5.74, 6) is -0.840. The molecule has 0 amide bonds. The first kappa shape index (κ1) is 13.0. The molecule has 0 aromatic heterocycles. The van der Waals surface area contributed by atoms with E-state index in [2.05, 4.69) is 5.32 Å². The minimum Gasteiger partial charge on any atom is -0.380 e. The molecule has 0 aliphatic heterocycles. The smallest absolute Gasteiger partial charge is 0.143 e. The first-order valence-corrected chi connectivity index (χ1v) is 5.79. The average Bonchev–Trinajstić information content (AvgIpc) is 2.38. The van der Waals surface area contributed by atoms with Gasteiger partial charge in [0.25, 0.3) is 0 Å². The van der Waals surface area contributed by atoms with E-state index < -0.39 is 5.82 Å². The van der Waals surface area contributed by atoms with Crippen molar-refractivity contribution in [3.8, 4) is 6.07 Å². The summed E-state index contributed by atoms with van der Waals surface area (Å²) in [6, 6.07) is 10.7. The molecular weight excluding hydrogens is 246 g/mol. The van der Waals surface area contributed by atoms with Gasteiger partial charge in [-0.3, -0.25) is 0 Å². The molecule has 0 atom stereocenters. The second kappa shape index (κ2) is 5.49. The van der Waals surface area contributed by atoms with Crippen LogP contribution in [0.2, 0.25) is 0 Å². The average molecular weight is 258 g/mol. The summed E-state index contributed by atoms with van der Waals surface area (Å²) < 4.78 is 26.4. The summed E-state index contributed by atoms with van der Waals surface area (Å²) in [5, 5.41) is 11.9. The van der Waals surface area contributed by atoms with Gasteiger partial charge in [-0.2, -0.15) is 5.26 Å². The second-order valence-electron chi connectivity index (χ2n) is 4.20. The number of nitrogens with zero attached hydrogens (tertiary/aromatic N) is 1. The molecule has 0 bridgehead atoms. The van der Waals surface area contributed by atoms with Crippen LogP contribution in [0, 0.1) is 29.9 Å². The van der Waals surface area contributed by atoms with Gasteiger partial charge in [0.2, 0.25) is 0 Å². The maximum Gasteiger partial charge on any atom is 0.143 e. The molecule has 0 saturated heterocycles. The van der Waals surface area contributed by atoms with E-state index in [-0.39, 0.29) is 11.4 Å². The van der Waals surface area contributed by atoms with Gasteiger partial charge in [0, 0.05) is 6.54 Å². The van der Waals surface area contributed by atoms with Crippen LogP contribution in [-0.2, 0) is 6.54 Å². The Morgan fingerprint density at radius 2 is 2.00 bits per heavy atom. The molecule has 0 heterocycles. The zero-order chi connectivity index (χ0) is 13.8. The monoisotopic (exact) mass is 258 g/mol. The largest absolute Gasteiger partial charge is 0.380 e. The Labute approximate surface area is 110 Å². The fourth-order valence-corrected chi connectivity index (χ4v) is 1.83. The quantitative estimate of drug-likeness (QED) is 0.909. The zero-order valence-corrected chi connectivity index (χ0v) is 10.4. The van der Waals surface area contributed by atoms with Crippen molar-refractivity contribution in [2.45, 2.75) is 13.5 Å². The molecule has 2 aromatic carbocycles. The molecule has 0 unspecified atom stereocenters. The predicted molar refractivity (Wildman–Crippen MR) is 69.6 cm³/mol. The molecule has 2 aromatic rings. The Morgan fingerprint density at radius 1 is 1.21 bits per heavy atom. The van der Waals surface area contributed by atoms with Crippen LogP contribution in [0.25, 0.3) is 0 Å². The Balaban J connectivity index is 2.20. The zero-order valence-electron chi connectivity index (χ0n) is 10.4. The standard InChI is InChI=1S/C15H12F2N2/c1-10-7-12(16)6-5-11(10)9-19-15-4-2-3-14(17)13(15)8-18/h2-7,19H,9H2,1H3. The fourth-order valence-electron chi connectivity index (χ4n) is 1.83. The van der Waals surface area contributed by atoms with E-state index in [0.717, 1.165) is 11.1 Å². The van der Waals surface area contributed by atoms with Gasteiger partial charge in [0.1, 0.15) is 23.3 Å². The third kappa shape index (κ3) is 2.89. The third-order valence-electron chi connectivity index (χ3n) is 2.90. The van der Waals surface area contributed by atoms with Crippen LogP contribution in [0.15, 0.2) is 36.4 Å². The maximum atomic E-state index is 13.4. The van der Waals surface area contributed by atoms with Gasteiger partial charge < -0.3 is 5.32 Å². The number of hydrogen-bond acceptors (Lipinski definition) is 2. The lowest BCUT2D eigenvalue weighted by atomic mass is 10.1. The van der Waals surface area contributed by atoms with Crippen LogP contribution in [0.5, 0.6) is 0 Å². The molecule has 19 heavy (non-hydrogen) atoms. The minimum absolute atomic E-state index is 0.0118. The number of benzene rings is 2. The van der Waals surface area contributed by atoms with Crippen LogP contribution in [0.3, 0.4) is 0 Å². The molecule has 0 fully saturated rings. The SMILES string of the molecule is Cc1cc(F)ccc1CNc1cccc(F)c1C#N. The molecule has 96 valence electrons. The highest BCUT2D eigenvalue weighted by molar-refractivity contribution is 5.58. The second-order valence-corrected chi connectivity index (χ2v) is 4.20. The van der Waals surface area contributed by atoms with Gasteiger partial charge in [0.15, 0.2) is 0 Å². The van der Waals surface area contributed by atoms with Gasteiger partial charge in [-0.15, -0.1) is 0 Å². The van der Waals surface area contributed by atoms with Gasteiger partial charge in [0.05, 0.1) is 5.69 Å². The van der Waals surface area contributed by atoms with Crippen molar-refractivity contribution in [2.75, 3.05) is 5.32 Å². The van der Waals surface area contributed by atoms with Crippen molar-refractivity contribution in [2.24, 2.45) is 0 Å². The van der Waals surface area contributed by atoms with E-state index in [1.807, 2.05) is 6.07 Å². The minimum atomic E-state index is -0.552.